The molecule has 27 heavy (non-hydrogen) atoms. The molecule has 0 bridgehead atoms. The van der Waals surface area contributed by atoms with Gasteiger partial charge in [-0.25, -0.2) is 9.97 Å². The summed E-state index contributed by atoms with van der Waals surface area (Å²) < 4.78 is 13.8. The van der Waals surface area contributed by atoms with E-state index >= 15 is 0 Å². The Morgan fingerprint density at radius 1 is 1.37 bits per heavy atom. The monoisotopic (exact) mass is 384 g/mol. The zero-order valence-corrected chi connectivity index (χ0v) is 15.8. The molecule has 0 unspecified atom stereocenters. The van der Waals surface area contributed by atoms with Crippen LogP contribution < -0.4 is 4.90 Å². The Hall–Kier alpha value is -2.87. The summed E-state index contributed by atoms with van der Waals surface area (Å²) in [6.07, 6.45) is 7.59. The van der Waals surface area contributed by atoms with Crippen molar-refractivity contribution in [3.05, 3.63) is 54.5 Å². The van der Waals surface area contributed by atoms with Crippen LogP contribution in [0.4, 0.5) is 5.13 Å². The van der Waals surface area contributed by atoms with E-state index in [2.05, 4.69) is 16.0 Å². The summed E-state index contributed by atoms with van der Waals surface area (Å²) in [5.74, 6) is -0.00423. The van der Waals surface area contributed by atoms with Gasteiger partial charge < -0.3 is 14.0 Å². The molecule has 3 heterocycles. The summed E-state index contributed by atoms with van der Waals surface area (Å²) in [6.45, 7) is 4.17. The molecule has 2 aromatic heterocycles. The molecule has 1 aliphatic rings. The third kappa shape index (κ3) is 3.95. The average molecular weight is 384 g/mol. The Bertz CT molecular complexity index is 965. The van der Waals surface area contributed by atoms with Crippen LogP contribution in [0.2, 0.25) is 0 Å². The predicted octanol–water partition coefficient (Wildman–Crippen LogP) is 3.11. The van der Waals surface area contributed by atoms with Crippen LogP contribution in [0.15, 0.2) is 48.9 Å². The van der Waals surface area contributed by atoms with Crippen LogP contribution in [0, 0.1) is 6.92 Å². The number of ether oxygens (including phenoxy) is 2. The lowest BCUT2D eigenvalue weighted by Gasteiger charge is -2.23. The fraction of sp³-hybridized carbons (Fsp3) is 0.316. The number of thiazole rings is 1. The zero-order chi connectivity index (χ0) is 18.6. The topological polar surface area (TPSA) is 69.5 Å². The molecule has 0 saturated carbocycles. The number of fused-ring (bicyclic) bond motifs is 1. The Morgan fingerprint density at radius 3 is 3.07 bits per heavy atom. The Balaban J connectivity index is 1.59. The van der Waals surface area contributed by atoms with Crippen LogP contribution in [0.5, 0.6) is 0 Å². The highest BCUT2D eigenvalue weighted by molar-refractivity contribution is 7.22. The van der Waals surface area contributed by atoms with E-state index in [0.29, 0.717) is 24.9 Å². The zero-order valence-electron chi connectivity index (χ0n) is 15.0. The number of carbonyl (C=O) groups excluding carboxylic acids is 1. The maximum atomic E-state index is 13.0. The standard InChI is InChI=1S/C19H20N4O3S/c1-14-3-4-15-17(11-14)27-19(21-15)23(7-2-6-22-8-5-20-13-22)18(24)16-12-25-9-10-26-16/h3-5,8,11-13H,2,6-7,9-10H2,1H3. The van der Waals surface area contributed by atoms with Gasteiger partial charge in [0.25, 0.3) is 5.91 Å². The predicted molar refractivity (Wildman–Crippen MR) is 104 cm³/mol. The van der Waals surface area contributed by atoms with Crippen LogP contribution in [-0.4, -0.2) is 40.2 Å². The van der Waals surface area contributed by atoms with Crippen molar-refractivity contribution >= 4 is 32.6 Å². The Kier molecular flexibility index (Phi) is 5.06. The second-order valence-electron chi connectivity index (χ2n) is 6.28. The number of anilines is 1. The Morgan fingerprint density at radius 2 is 2.30 bits per heavy atom. The summed E-state index contributed by atoms with van der Waals surface area (Å²) in [7, 11) is 0. The molecule has 3 aromatic rings. The minimum Gasteiger partial charge on any atom is -0.494 e. The van der Waals surface area contributed by atoms with Gasteiger partial charge in [-0.05, 0) is 31.0 Å². The van der Waals surface area contributed by atoms with Crippen LogP contribution >= 0.6 is 11.3 Å². The fourth-order valence-corrected chi connectivity index (χ4v) is 3.95. The maximum Gasteiger partial charge on any atom is 0.298 e. The molecule has 0 radical (unpaired) electrons. The molecular formula is C19H20N4O3S. The third-order valence-electron chi connectivity index (χ3n) is 4.23. The largest absolute Gasteiger partial charge is 0.494 e. The van der Waals surface area contributed by atoms with Crippen LogP contribution in [0.3, 0.4) is 0 Å². The molecule has 0 saturated heterocycles. The van der Waals surface area contributed by atoms with E-state index in [1.807, 2.05) is 29.8 Å². The molecule has 0 atom stereocenters. The average Bonchev–Trinajstić information content (AvgIpc) is 3.34. The highest BCUT2D eigenvalue weighted by Gasteiger charge is 2.26. The highest BCUT2D eigenvalue weighted by atomic mass is 32.1. The van der Waals surface area contributed by atoms with E-state index in [9.17, 15) is 4.79 Å². The van der Waals surface area contributed by atoms with Crippen LogP contribution in [-0.2, 0) is 20.8 Å². The third-order valence-corrected chi connectivity index (χ3v) is 5.27. The molecule has 1 aromatic carbocycles. The van der Waals surface area contributed by atoms with Gasteiger partial charge in [-0.2, -0.15) is 0 Å². The first-order chi connectivity index (χ1) is 13.2. The second kappa shape index (κ2) is 7.79. The smallest absolute Gasteiger partial charge is 0.298 e. The summed E-state index contributed by atoms with van der Waals surface area (Å²) in [5, 5.41) is 0.668. The van der Waals surface area contributed by atoms with E-state index in [-0.39, 0.29) is 11.7 Å². The van der Waals surface area contributed by atoms with Crippen LogP contribution in [0.1, 0.15) is 12.0 Å². The number of benzene rings is 1. The summed E-state index contributed by atoms with van der Waals surface area (Å²) in [4.78, 5) is 23.4. The lowest BCUT2D eigenvalue weighted by atomic mass is 10.2. The van der Waals surface area contributed by atoms with Crippen molar-refractivity contribution in [1.29, 1.82) is 0 Å². The SMILES string of the molecule is Cc1ccc2nc(N(CCCn3ccnc3)C(=O)C3=COCCO3)sc2c1. The van der Waals surface area contributed by atoms with Crippen molar-refractivity contribution in [2.75, 3.05) is 24.7 Å². The molecule has 0 aliphatic carbocycles. The molecule has 1 amide bonds. The first-order valence-corrected chi connectivity index (χ1v) is 9.62. The number of amides is 1. The van der Waals surface area contributed by atoms with Gasteiger partial charge in [0, 0.05) is 25.5 Å². The molecule has 140 valence electrons. The van der Waals surface area contributed by atoms with Crippen molar-refractivity contribution in [3.8, 4) is 0 Å². The van der Waals surface area contributed by atoms with Gasteiger partial charge in [0.1, 0.15) is 19.5 Å². The van der Waals surface area contributed by atoms with Gasteiger partial charge in [0.2, 0.25) is 5.76 Å². The lowest BCUT2D eigenvalue weighted by Crippen LogP contribution is -2.35. The number of aryl methyl sites for hydroxylation is 2. The molecule has 1 aliphatic heterocycles. The lowest BCUT2D eigenvalue weighted by molar-refractivity contribution is -0.119. The number of rotatable bonds is 6. The van der Waals surface area contributed by atoms with Gasteiger partial charge in [-0.1, -0.05) is 17.4 Å². The minimum absolute atomic E-state index is 0.222. The van der Waals surface area contributed by atoms with Gasteiger partial charge in [-0.15, -0.1) is 0 Å². The van der Waals surface area contributed by atoms with Crippen molar-refractivity contribution in [1.82, 2.24) is 14.5 Å². The molecule has 0 N–H and O–H groups in total. The van der Waals surface area contributed by atoms with E-state index in [1.165, 1.54) is 23.2 Å². The fourth-order valence-electron chi connectivity index (χ4n) is 2.86. The maximum absolute atomic E-state index is 13.0. The van der Waals surface area contributed by atoms with E-state index < -0.39 is 0 Å². The molecule has 7 nitrogen and oxygen atoms in total. The second-order valence-corrected chi connectivity index (χ2v) is 7.29. The normalized spacial score (nSPS) is 13.7. The van der Waals surface area contributed by atoms with E-state index in [0.717, 1.165) is 23.2 Å². The number of hydrogen-bond acceptors (Lipinski definition) is 6. The van der Waals surface area contributed by atoms with Crippen LogP contribution in [0.25, 0.3) is 10.2 Å². The number of aromatic nitrogens is 3. The Labute approximate surface area is 160 Å². The van der Waals surface area contributed by atoms with E-state index in [4.69, 9.17) is 9.47 Å². The first kappa shape index (κ1) is 17.5. The summed E-state index contributed by atoms with van der Waals surface area (Å²) >= 11 is 1.51. The van der Waals surface area contributed by atoms with Crippen molar-refractivity contribution in [2.45, 2.75) is 19.9 Å². The minimum atomic E-state index is -0.226. The van der Waals surface area contributed by atoms with E-state index in [1.54, 1.807) is 17.4 Å². The first-order valence-electron chi connectivity index (χ1n) is 8.80. The van der Waals surface area contributed by atoms with Crippen molar-refractivity contribution in [3.63, 3.8) is 0 Å². The number of nitrogens with zero attached hydrogens (tertiary/aromatic N) is 4. The summed E-state index contributed by atoms with van der Waals surface area (Å²) in [5.41, 5.74) is 2.06. The van der Waals surface area contributed by atoms with Gasteiger partial charge >= 0.3 is 0 Å². The quantitative estimate of drug-likeness (QED) is 0.653. The summed E-state index contributed by atoms with van der Waals surface area (Å²) in [6, 6.07) is 6.10. The molecule has 8 heteroatoms. The number of imidazole rings is 1. The van der Waals surface area contributed by atoms with Crippen molar-refractivity contribution < 1.29 is 14.3 Å². The van der Waals surface area contributed by atoms with Gasteiger partial charge in [0.15, 0.2) is 5.13 Å². The van der Waals surface area contributed by atoms with Crippen molar-refractivity contribution in [2.24, 2.45) is 0 Å². The molecule has 0 spiro atoms. The molecule has 0 fully saturated rings. The number of hydrogen-bond donors (Lipinski definition) is 0. The van der Waals surface area contributed by atoms with Gasteiger partial charge in [0.05, 0.1) is 16.5 Å². The van der Waals surface area contributed by atoms with Gasteiger partial charge in [-0.3, -0.25) is 9.69 Å². The molecule has 4 rings (SSSR count). The highest BCUT2D eigenvalue weighted by Crippen LogP contribution is 2.30. The molecular weight excluding hydrogens is 364 g/mol. The number of carbonyl (C=O) groups is 1.